The van der Waals surface area contributed by atoms with E-state index in [1.54, 1.807) is 16.9 Å². The summed E-state index contributed by atoms with van der Waals surface area (Å²) < 4.78 is 1.72. The Morgan fingerprint density at radius 3 is 2.84 bits per heavy atom. The van der Waals surface area contributed by atoms with Crippen molar-refractivity contribution in [2.75, 3.05) is 10.6 Å². The van der Waals surface area contributed by atoms with Crippen LogP contribution in [0, 0.1) is 6.92 Å². The summed E-state index contributed by atoms with van der Waals surface area (Å²) in [5.74, 6) is 0.439. The maximum absolute atomic E-state index is 13.1. The number of aromatic nitrogens is 2. The topological polar surface area (TPSA) is 76.0 Å². The predicted octanol–water partition coefficient (Wildman–Crippen LogP) is 5.12. The third-order valence-corrected chi connectivity index (χ3v) is 6.08. The van der Waals surface area contributed by atoms with E-state index in [0.717, 1.165) is 35.4 Å². The van der Waals surface area contributed by atoms with Gasteiger partial charge in [0, 0.05) is 28.4 Å². The minimum atomic E-state index is -0.419. The van der Waals surface area contributed by atoms with Gasteiger partial charge in [-0.2, -0.15) is 5.10 Å². The molecule has 2 aliphatic rings. The maximum Gasteiger partial charge on any atom is 0.261 e. The molecule has 0 fully saturated rings. The highest BCUT2D eigenvalue weighted by atomic mass is 35.5. The molecule has 2 aromatic carbocycles. The molecule has 2 N–H and O–H groups in total. The molecule has 1 aromatic heterocycles. The third kappa shape index (κ3) is 3.43. The number of carbonyl (C=O) groups excluding carboxylic acids is 2. The first-order valence-electron chi connectivity index (χ1n) is 10.3. The van der Waals surface area contributed by atoms with Gasteiger partial charge < -0.3 is 10.6 Å². The summed E-state index contributed by atoms with van der Waals surface area (Å²) in [4.78, 5) is 26.0. The fraction of sp³-hybridized carbons (Fsp3) is 0.208. The monoisotopic (exact) mass is 432 g/mol. The largest absolute Gasteiger partial charge is 0.343 e. The van der Waals surface area contributed by atoms with Crippen molar-refractivity contribution < 1.29 is 9.59 Å². The molecular weight excluding hydrogens is 412 g/mol. The maximum atomic E-state index is 13.1. The number of benzene rings is 2. The van der Waals surface area contributed by atoms with Gasteiger partial charge in [0.1, 0.15) is 17.4 Å². The number of halogens is 1. The standard InChI is InChI=1S/C24H21ClN4O2/c1-14-6-2-3-9-18(14)28-24(31)17-13-26-29-22(15-7-4-8-16(25)12-15)21-19(27-23(17)29)10-5-11-20(21)30/h2-4,6-9,12-13,22,27H,5,10-11H2,1H3,(H,28,31)/t22-/m0/s1. The average molecular weight is 433 g/mol. The number of carbonyl (C=O) groups is 2. The Labute approximate surface area is 184 Å². The van der Waals surface area contributed by atoms with Crippen molar-refractivity contribution in [3.05, 3.63) is 87.7 Å². The molecule has 156 valence electrons. The number of nitrogens with one attached hydrogen (secondary N) is 2. The number of para-hydroxylation sites is 1. The van der Waals surface area contributed by atoms with Crippen molar-refractivity contribution >= 4 is 34.8 Å². The fourth-order valence-corrected chi connectivity index (χ4v) is 4.51. The zero-order valence-electron chi connectivity index (χ0n) is 17.0. The molecule has 1 amide bonds. The van der Waals surface area contributed by atoms with Crippen molar-refractivity contribution in [1.82, 2.24) is 9.78 Å². The smallest absolute Gasteiger partial charge is 0.261 e. The molecule has 5 rings (SSSR count). The predicted molar refractivity (Wildman–Crippen MR) is 120 cm³/mol. The van der Waals surface area contributed by atoms with Crippen LogP contribution in [0.3, 0.4) is 0 Å². The summed E-state index contributed by atoms with van der Waals surface area (Å²) in [5, 5.41) is 11.4. The molecule has 7 heteroatoms. The van der Waals surface area contributed by atoms with Crippen LogP contribution < -0.4 is 10.6 Å². The first-order chi connectivity index (χ1) is 15.0. The van der Waals surface area contributed by atoms with Crippen LogP contribution in [0.2, 0.25) is 5.02 Å². The van der Waals surface area contributed by atoms with E-state index in [4.69, 9.17) is 11.6 Å². The van der Waals surface area contributed by atoms with Gasteiger partial charge >= 0.3 is 0 Å². The lowest BCUT2D eigenvalue weighted by Crippen LogP contribution is -2.32. The van der Waals surface area contributed by atoms with Crippen LogP contribution in [0.15, 0.2) is 66.0 Å². The van der Waals surface area contributed by atoms with Crippen LogP contribution >= 0.6 is 11.6 Å². The Balaban J connectivity index is 1.59. The highest BCUT2D eigenvalue weighted by Gasteiger charge is 2.37. The van der Waals surface area contributed by atoms with E-state index >= 15 is 0 Å². The average Bonchev–Trinajstić information content (AvgIpc) is 3.18. The Kier molecular flexibility index (Phi) is 4.87. The second kappa shape index (κ2) is 7.71. The number of ketones is 1. The lowest BCUT2D eigenvalue weighted by atomic mass is 9.85. The van der Waals surface area contributed by atoms with Gasteiger partial charge in [-0.15, -0.1) is 0 Å². The molecule has 1 aliphatic heterocycles. The summed E-state index contributed by atoms with van der Waals surface area (Å²) in [6.07, 6.45) is 3.60. The molecule has 0 spiro atoms. The number of Topliss-reactive ketones (excluding diaryl/α,β-unsaturated/α-hetero) is 1. The van der Waals surface area contributed by atoms with Gasteiger partial charge in [0.2, 0.25) is 0 Å². The van der Waals surface area contributed by atoms with Gasteiger partial charge in [-0.3, -0.25) is 9.59 Å². The lowest BCUT2D eigenvalue weighted by molar-refractivity contribution is -0.116. The Hall–Kier alpha value is -3.38. The number of hydrogen-bond donors (Lipinski definition) is 2. The van der Waals surface area contributed by atoms with E-state index < -0.39 is 6.04 Å². The lowest BCUT2D eigenvalue weighted by Gasteiger charge is -2.33. The van der Waals surface area contributed by atoms with E-state index in [1.807, 2.05) is 49.4 Å². The first kappa shape index (κ1) is 19.6. The summed E-state index contributed by atoms with van der Waals surface area (Å²) in [7, 11) is 0. The minimum absolute atomic E-state index is 0.103. The number of aryl methyl sites for hydroxylation is 1. The number of hydrogen-bond acceptors (Lipinski definition) is 4. The van der Waals surface area contributed by atoms with E-state index in [0.29, 0.717) is 28.4 Å². The SMILES string of the molecule is Cc1ccccc1NC(=O)c1cnn2c1NC1=C(C(=O)CCC1)[C@@H]2c1cccc(Cl)c1. The van der Waals surface area contributed by atoms with Gasteiger partial charge in [-0.05, 0) is 49.1 Å². The van der Waals surface area contributed by atoms with Crippen molar-refractivity contribution in [2.24, 2.45) is 0 Å². The molecule has 31 heavy (non-hydrogen) atoms. The molecule has 2 heterocycles. The fourth-order valence-electron chi connectivity index (χ4n) is 4.31. The zero-order valence-corrected chi connectivity index (χ0v) is 17.7. The number of nitrogens with zero attached hydrogens (tertiary/aromatic N) is 2. The van der Waals surface area contributed by atoms with Crippen molar-refractivity contribution in [3.8, 4) is 0 Å². The third-order valence-electron chi connectivity index (χ3n) is 5.84. The van der Waals surface area contributed by atoms with E-state index in [2.05, 4.69) is 15.7 Å². The second-order valence-corrected chi connectivity index (χ2v) is 8.31. The van der Waals surface area contributed by atoms with Crippen LogP contribution in [0.1, 0.15) is 46.8 Å². The van der Waals surface area contributed by atoms with Gasteiger partial charge in [0.05, 0.1) is 6.20 Å². The van der Waals surface area contributed by atoms with Crippen LogP contribution in [-0.4, -0.2) is 21.5 Å². The van der Waals surface area contributed by atoms with E-state index in [-0.39, 0.29) is 11.7 Å². The van der Waals surface area contributed by atoms with Gasteiger partial charge in [0.25, 0.3) is 5.91 Å². The Morgan fingerprint density at radius 2 is 2.03 bits per heavy atom. The molecule has 0 saturated carbocycles. The van der Waals surface area contributed by atoms with Crippen LogP contribution in [0.25, 0.3) is 0 Å². The minimum Gasteiger partial charge on any atom is -0.343 e. The Morgan fingerprint density at radius 1 is 1.19 bits per heavy atom. The number of allylic oxidation sites excluding steroid dienone is 2. The van der Waals surface area contributed by atoms with E-state index in [1.165, 1.54) is 0 Å². The molecular formula is C24H21ClN4O2. The van der Waals surface area contributed by atoms with Crippen molar-refractivity contribution in [2.45, 2.75) is 32.2 Å². The highest BCUT2D eigenvalue weighted by Crippen LogP contribution is 2.42. The number of anilines is 2. The normalized spacial score (nSPS) is 17.6. The highest BCUT2D eigenvalue weighted by molar-refractivity contribution is 6.30. The number of amides is 1. The Bertz CT molecular complexity index is 1240. The molecule has 1 atom stereocenters. The van der Waals surface area contributed by atoms with Gasteiger partial charge in [-0.1, -0.05) is 41.9 Å². The zero-order chi connectivity index (χ0) is 21.5. The molecule has 0 bridgehead atoms. The number of fused-ring (bicyclic) bond motifs is 1. The number of rotatable bonds is 3. The summed E-state index contributed by atoms with van der Waals surface area (Å²) in [5.41, 5.74) is 4.59. The van der Waals surface area contributed by atoms with Gasteiger partial charge in [-0.25, -0.2) is 4.68 Å². The molecule has 1 aliphatic carbocycles. The summed E-state index contributed by atoms with van der Waals surface area (Å²) >= 11 is 6.25. The molecule has 0 radical (unpaired) electrons. The summed E-state index contributed by atoms with van der Waals surface area (Å²) in [6.45, 7) is 1.95. The van der Waals surface area contributed by atoms with Crippen LogP contribution in [0.4, 0.5) is 11.5 Å². The molecule has 0 saturated heterocycles. The molecule has 6 nitrogen and oxygen atoms in total. The summed E-state index contributed by atoms with van der Waals surface area (Å²) in [6, 6.07) is 14.7. The molecule has 3 aromatic rings. The van der Waals surface area contributed by atoms with E-state index in [9.17, 15) is 9.59 Å². The quantitative estimate of drug-likeness (QED) is 0.602. The van der Waals surface area contributed by atoms with Crippen molar-refractivity contribution in [3.63, 3.8) is 0 Å². The van der Waals surface area contributed by atoms with Crippen molar-refractivity contribution in [1.29, 1.82) is 0 Å². The van der Waals surface area contributed by atoms with Gasteiger partial charge in [0.15, 0.2) is 5.78 Å². The van der Waals surface area contributed by atoms with Crippen LogP contribution in [-0.2, 0) is 4.79 Å². The van der Waals surface area contributed by atoms with Crippen LogP contribution in [0.5, 0.6) is 0 Å². The second-order valence-electron chi connectivity index (χ2n) is 7.87. The first-order valence-corrected chi connectivity index (χ1v) is 10.6. The molecule has 0 unspecified atom stereocenters.